The van der Waals surface area contributed by atoms with Crippen molar-refractivity contribution in [2.24, 2.45) is 5.92 Å². The minimum atomic E-state index is -4.95. The van der Waals surface area contributed by atoms with Gasteiger partial charge in [0.15, 0.2) is 0 Å². The zero-order valence-electron chi connectivity index (χ0n) is 12.8. The molecule has 0 amide bonds. The van der Waals surface area contributed by atoms with Crippen LogP contribution in [0.5, 0.6) is 0 Å². The Kier molecular flexibility index (Phi) is 4.02. The van der Waals surface area contributed by atoms with Crippen molar-refractivity contribution in [1.29, 1.82) is 0 Å². The van der Waals surface area contributed by atoms with Gasteiger partial charge in [-0.25, -0.2) is 0 Å². The van der Waals surface area contributed by atoms with E-state index in [-0.39, 0.29) is 11.6 Å². The van der Waals surface area contributed by atoms with E-state index < -0.39 is 17.3 Å². The second-order valence-corrected chi connectivity index (χ2v) is 5.88. The number of para-hydroxylation sites is 1. The fourth-order valence-electron chi connectivity index (χ4n) is 2.48. The van der Waals surface area contributed by atoms with Crippen molar-refractivity contribution in [3.05, 3.63) is 54.1 Å². The number of benzene rings is 2. The summed E-state index contributed by atoms with van der Waals surface area (Å²) in [4.78, 5) is 0. The Hall–Kier alpha value is -2.45. The Labute approximate surface area is 138 Å². The molecule has 0 radical (unpaired) electrons. The zero-order chi connectivity index (χ0) is 17.4. The molecule has 1 aliphatic carbocycles. The smallest absolute Gasteiger partial charge is 0.398 e. The molecule has 24 heavy (non-hydrogen) atoms. The first-order valence-corrected chi connectivity index (χ1v) is 7.59. The van der Waals surface area contributed by atoms with E-state index in [0.717, 1.165) is 12.8 Å². The van der Waals surface area contributed by atoms with Crippen molar-refractivity contribution in [2.45, 2.75) is 24.6 Å². The van der Waals surface area contributed by atoms with Crippen LogP contribution in [-0.2, 0) is 5.60 Å². The van der Waals surface area contributed by atoms with Gasteiger partial charge in [-0.2, -0.15) is 13.2 Å². The lowest BCUT2D eigenvalue weighted by Gasteiger charge is -2.27. The average molecular weight is 331 g/mol. The van der Waals surface area contributed by atoms with Gasteiger partial charge in [0.05, 0.1) is 0 Å². The molecule has 1 fully saturated rings. The Bertz CT molecular complexity index is 801. The minimum Gasteiger partial charge on any atom is -0.398 e. The first-order valence-electron chi connectivity index (χ1n) is 7.59. The third-order valence-corrected chi connectivity index (χ3v) is 4.03. The molecular weight excluding hydrogens is 315 g/mol. The van der Waals surface area contributed by atoms with E-state index in [2.05, 4.69) is 5.92 Å². The van der Waals surface area contributed by atoms with Crippen LogP contribution in [0.2, 0.25) is 0 Å². The van der Waals surface area contributed by atoms with Crippen LogP contribution in [0.1, 0.15) is 18.4 Å². The summed E-state index contributed by atoms with van der Waals surface area (Å²) in [6.45, 7) is 0. The summed E-state index contributed by atoms with van der Waals surface area (Å²) in [5.74, 6) is 4.48. The van der Waals surface area contributed by atoms with E-state index >= 15 is 0 Å². The van der Waals surface area contributed by atoms with Crippen LogP contribution >= 0.6 is 0 Å². The second kappa shape index (κ2) is 5.88. The highest BCUT2D eigenvalue weighted by molar-refractivity contribution is 5.79. The summed E-state index contributed by atoms with van der Waals surface area (Å²) in [7, 11) is 0. The van der Waals surface area contributed by atoms with Gasteiger partial charge in [0, 0.05) is 22.7 Å². The standard InChI is InChI=1S/C19H16F3NO/c20-19(21,22)18(24,12-11-13-9-10-13)16-8-4-7-15(17(16)23)14-5-2-1-3-6-14/h1-8,13,24H,9-10,23H2/t18-/m1/s1. The zero-order valence-corrected chi connectivity index (χ0v) is 12.8. The second-order valence-electron chi connectivity index (χ2n) is 5.88. The molecule has 0 saturated heterocycles. The van der Waals surface area contributed by atoms with Gasteiger partial charge in [-0.1, -0.05) is 60.4 Å². The fraction of sp³-hybridized carbons (Fsp3) is 0.263. The quantitative estimate of drug-likeness (QED) is 0.643. The summed E-state index contributed by atoms with van der Waals surface area (Å²) in [5, 5.41) is 10.4. The van der Waals surface area contributed by atoms with Gasteiger partial charge >= 0.3 is 6.18 Å². The van der Waals surface area contributed by atoms with E-state index in [1.54, 1.807) is 36.4 Å². The summed E-state index contributed by atoms with van der Waals surface area (Å²) in [6, 6.07) is 13.1. The lowest BCUT2D eigenvalue weighted by molar-refractivity contribution is -0.240. The maximum Gasteiger partial charge on any atom is 0.433 e. The van der Waals surface area contributed by atoms with Gasteiger partial charge < -0.3 is 10.8 Å². The number of alkyl halides is 3. The van der Waals surface area contributed by atoms with Gasteiger partial charge in [-0.15, -0.1) is 0 Å². The van der Waals surface area contributed by atoms with E-state index in [0.29, 0.717) is 11.1 Å². The Morgan fingerprint density at radius 3 is 2.25 bits per heavy atom. The Morgan fingerprint density at radius 1 is 1.00 bits per heavy atom. The molecule has 2 nitrogen and oxygen atoms in total. The largest absolute Gasteiger partial charge is 0.433 e. The molecule has 124 valence electrons. The molecular formula is C19H16F3NO. The number of aliphatic hydroxyl groups is 1. The Balaban J connectivity index is 2.14. The highest BCUT2D eigenvalue weighted by atomic mass is 19.4. The van der Waals surface area contributed by atoms with E-state index in [4.69, 9.17) is 5.73 Å². The monoisotopic (exact) mass is 331 g/mol. The lowest BCUT2D eigenvalue weighted by atomic mass is 9.88. The molecule has 3 N–H and O–H groups in total. The number of anilines is 1. The first kappa shape index (κ1) is 16.4. The van der Waals surface area contributed by atoms with Gasteiger partial charge in [0.2, 0.25) is 5.60 Å². The number of rotatable bonds is 2. The molecule has 0 aliphatic heterocycles. The summed E-state index contributed by atoms with van der Waals surface area (Å²) in [5.41, 5.74) is 3.29. The maximum atomic E-state index is 13.6. The molecule has 1 saturated carbocycles. The van der Waals surface area contributed by atoms with Gasteiger partial charge in [-0.3, -0.25) is 0 Å². The summed E-state index contributed by atoms with van der Waals surface area (Å²) < 4.78 is 40.7. The molecule has 0 aromatic heterocycles. The van der Waals surface area contributed by atoms with E-state index in [9.17, 15) is 18.3 Å². The SMILES string of the molecule is Nc1c(-c2ccccc2)cccc1[C@](O)(C#CC1CC1)C(F)(F)F. The van der Waals surface area contributed by atoms with E-state index in [1.165, 1.54) is 12.1 Å². The molecule has 0 bridgehead atoms. The van der Waals surface area contributed by atoms with Crippen molar-refractivity contribution in [1.82, 2.24) is 0 Å². The number of halogens is 3. The molecule has 0 spiro atoms. The molecule has 1 aliphatic rings. The van der Waals surface area contributed by atoms with Crippen molar-refractivity contribution in [3.63, 3.8) is 0 Å². The predicted octanol–water partition coefficient (Wildman–Crippen LogP) is 4.10. The van der Waals surface area contributed by atoms with Crippen molar-refractivity contribution in [2.75, 3.05) is 5.73 Å². The molecule has 5 heteroatoms. The van der Waals surface area contributed by atoms with Crippen LogP contribution in [-0.4, -0.2) is 11.3 Å². The van der Waals surface area contributed by atoms with Gasteiger partial charge in [0.1, 0.15) is 0 Å². The number of hydrogen-bond donors (Lipinski definition) is 2. The van der Waals surface area contributed by atoms with Gasteiger partial charge in [0.25, 0.3) is 0 Å². The maximum absolute atomic E-state index is 13.6. The highest BCUT2D eigenvalue weighted by Gasteiger charge is 2.55. The average Bonchev–Trinajstić information content (AvgIpc) is 3.37. The summed E-state index contributed by atoms with van der Waals surface area (Å²) in [6.07, 6.45) is -3.42. The van der Waals surface area contributed by atoms with Crippen molar-refractivity contribution >= 4 is 5.69 Å². The van der Waals surface area contributed by atoms with Crippen LogP contribution in [0.3, 0.4) is 0 Å². The fourth-order valence-corrected chi connectivity index (χ4v) is 2.48. The number of hydrogen-bond acceptors (Lipinski definition) is 2. The van der Waals surface area contributed by atoms with Crippen LogP contribution in [0.4, 0.5) is 18.9 Å². The highest BCUT2D eigenvalue weighted by Crippen LogP contribution is 2.43. The number of nitrogens with two attached hydrogens (primary N) is 1. The minimum absolute atomic E-state index is 0.0718. The summed E-state index contributed by atoms with van der Waals surface area (Å²) >= 11 is 0. The predicted molar refractivity (Wildman–Crippen MR) is 86.7 cm³/mol. The van der Waals surface area contributed by atoms with E-state index in [1.807, 2.05) is 5.92 Å². The third-order valence-electron chi connectivity index (χ3n) is 4.03. The molecule has 0 heterocycles. The van der Waals surface area contributed by atoms with Crippen molar-refractivity contribution < 1.29 is 18.3 Å². The van der Waals surface area contributed by atoms with Crippen LogP contribution in [0.25, 0.3) is 11.1 Å². The van der Waals surface area contributed by atoms with Crippen LogP contribution < -0.4 is 5.73 Å². The molecule has 3 rings (SSSR count). The Morgan fingerprint density at radius 2 is 1.67 bits per heavy atom. The number of nitrogen functional groups attached to an aromatic ring is 1. The topological polar surface area (TPSA) is 46.2 Å². The van der Waals surface area contributed by atoms with Gasteiger partial charge in [-0.05, 0) is 18.4 Å². The molecule has 2 aromatic carbocycles. The molecule has 2 aromatic rings. The normalized spacial score (nSPS) is 16.8. The first-order chi connectivity index (χ1) is 11.3. The third kappa shape index (κ3) is 2.98. The van der Waals surface area contributed by atoms with Crippen molar-refractivity contribution in [3.8, 4) is 23.0 Å². The molecule has 0 unspecified atom stereocenters. The lowest BCUT2D eigenvalue weighted by Crippen LogP contribution is -2.41. The van der Waals surface area contributed by atoms with Crippen LogP contribution in [0.15, 0.2) is 48.5 Å². The molecule has 1 atom stereocenters. The van der Waals surface area contributed by atoms with Crippen LogP contribution in [0, 0.1) is 17.8 Å².